The first-order valence-electron chi connectivity index (χ1n) is 3.20. The van der Waals surface area contributed by atoms with E-state index in [4.69, 9.17) is 5.41 Å². The summed E-state index contributed by atoms with van der Waals surface area (Å²) in [4.78, 5) is 11.0. The van der Waals surface area contributed by atoms with Crippen LogP contribution in [0.4, 0.5) is 0 Å². The number of ketones is 1. The van der Waals surface area contributed by atoms with Gasteiger partial charge in [-0.05, 0) is 33.3 Å². The summed E-state index contributed by atoms with van der Waals surface area (Å²) in [7, 11) is 0. The van der Waals surface area contributed by atoms with Crippen molar-refractivity contribution in [3.05, 3.63) is 11.1 Å². The van der Waals surface area contributed by atoms with Gasteiger partial charge >= 0.3 is 0 Å². The van der Waals surface area contributed by atoms with Crippen molar-refractivity contribution in [2.75, 3.05) is 0 Å². The lowest BCUT2D eigenvalue weighted by Gasteiger charge is -1.99. The van der Waals surface area contributed by atoms with E-state index in [9.17, 15) is 4.79 Å². The molecule has 0 unspecified atom stereocenters. The van der Waals surface area contributed by atoms with E-state index in [0.29, 0.717) is 5.57 Å². The van der Waals surface area contributed by atoms with Crippen LogP contribution in [0.1, 0.15) is 27.7 Å². The van der Waals surface area contributed by atoms with Crippen LogP contribution < -0.4 is 0 Å². The van der Waals surface area contributed by atoms with Crippen molar-refractivity contribution < 1.29 is 4.79 Å². The Balaban J connectivity index is 4.54. The van der Waals surface area contributed by atoms with Gasteiger partial charge in [0.2, 0.25) is 5.78 Å². The largest absolute Gasteiger partial charge is 0.302 e. The van der Waals surface area contributed by atoms with Gasteiger partial charge < -0.3 is 5.41 Å². The summed E-state index contributed by atoms with van der Waals surface area (Å²) in [5.74, 6) is -0.153. The molecule has 0 saturated carbocycles. The highest BCUT2D eigenvalue weighted by Gasteiger charge is 2.06. The van der Waals surface area contributed by atoms with Crippen LogP contribution in [-0.2, 0) is 4.79 Å². The second kappa shape index (κ2) is 3.30. The zero-order valence-corrected chi connectivity index (χ0v) is 6.91. The van der Waals surface area contributed by atoms with Crippen LogP contribution in [0.25, 0.3) is 0 Å². The van der Waals surface area contributed by atoms with Gasteiger partial charge in [-0.25, -0.2) is 0 Å². The van der Waals surface area contributed by atoms with Crippen LogP contribution in [-0.4, -0.2) is 11.5 Å². The summed E-state index contributed by atoms with van der Waals surface area (Å²) >= 11 is 0. The van der Waals surface area contributed by atoms with Crippen LogP contribution in [0.15, 0.2) is 11.1 Å². The molecule has 56 valence electrons. The third-order valence-electron chi connectivity index (χ3n) is 1.43. The molecule has 2 heteroatoms. The minimum atomic E-state index is -0.153. The minimum Gasteiger partial charge on any atom is -0.302 e. The summed E-state index contributed by atoms with van der Waals surface area (Å²) in [6.45, 7) is 7.00. The molecule has 0 amide bonds. The Kier molecular flexibility index (Phi) is 3.00. The Bertz CT molecular complexity index is 197. The van der Waals surface area contributed by atoms with Crippen molar-refractivity contribution >= 4 is 11.5 Å². The standard InChI is InChI=1S/C8H13NO/c1-5(2)6(3)8(10)7(4)9/h9H,1-4H3. The molecule has 0 aromatic rings. The van der Waals surface area contributed by atoms with E-state index in [1.165, 1.54) is 6.92 Å². The molecule has 10 heavy (non-hydrogen) atoms. The first kappa shape index (κ1) is 9.08. The number of hydrogen-bond acceptors (Lipinski definition) is 2. The number of Topliss-reactive ketones (excluding diaryl/α,β-unsaturated/α-hetero) is 1. The fourth-order valence-electron chi connectivity index (χ4n) is 0.508. The molecule has 0 heterocycles. The number of carbonyl (C=O) groups is 1. The van der Waals surface area contributed by atoms with E-state index in [0.717, 1.165) is 5.57 Å². The molecule has 0 rings (SSSR count). The van der Waals surface area contributed by atoms with Crippen LogP contribution in [0.5, 0.6) is 0 Å². The van der Waals surface area contributed by atoms with Gasteiger partial charge in [0.05, 0.1) is 5.71 Å². The highest BCUT2D eigenvalue weighted by molar-refractivity contribution is 6.43. The predicted octanol–water partition coefficient (Wildman–Crippen LogP) is 1.95. The van der Waals surface area contributed by atoms with Crippen molar-refractivity contribution in [1.82, 2.24) is 0 Å². The number of allylic oxidation sites excluding steroid dienone is 2. The van der Waals surface area contributed by atoms with Gasteiger partial charge in [0.1, 0.15) is 0 Å². The molecule has 0 aliphatic rings. The smallest absolute Gasteiger partial charge is 0.201 e. The summed E-state index contributed by atoms with van der Waals surface area (Å²) < 4.78 is 0. The lowest BCUT2D eigenvalue weighted by molar-refractivity contribution is -0.109. The SMILES string of the molecule is CC(=N)C(=O)C(C)=C(C)C. The maximum absolute atomic E-state index is 11.0. The highest BCUT2D eigenvalue weighted by atomic mass is 16.1. The second-order valence-electron chi connectivity index (χ2n) is 2.58. The van der Waals surface area contributed by atoms with Gasteiger partial charge in [-0.3, -0.25) is 4.79 Å². The average molecular weight is 139 g/mol. The van der Waals surface area contributed by atoms with Gasteiger partial charge in [-0.2, -0.15) is 0 Å². The average Bonchev–Trinajstić information content (AvgIpc) is 1.84. The third kappa shape index (κ3) is 2.13. The molecule has 0 saturated heterocycles. The lowest BCUT2D eigenvalue weighted by atomic mass is 10.1. The normalized spacial score (nSPS) is 8.80. The molecule has 0 aliphatic carbocycles. The summed E-state index contributed by atoms with van der Waals surface area (Å²) in [5.41, 5.74) is 1.78. The van der Waals surface area contributed by atoms with Crippen molar-refractivity contribution in [3.63, 3.8) is 0 Å². The summed E-state index contributed by atoms with van der Waals surface area (Å²) in [6, 6.07) is 0. The zero-order chi connectivity index (χ0) is 8.31. The molecular formula is C8H13NO. The van der Waals surface area contributed by atoms with Crippen LogP contribution >= 0.6 is 0 Å². The maximum Gasteiger partial charge on any atom is 0.201 e. The molecule has 0 aromatic carbocycles. The fraction of sp³-hybridized carbons (Fsp3) is 0.500. The molecule has 0 fully saturated rings. The van der Waals surface area contributed by atoms with Crippen LogP contribution in [0, 0.1) is 5.41 Å². The molecule has 1 N–H and O–H groups in total. The number of carbonyl (C=O) groups excluding carboxylic acids is 1. The Morgan fingerprint density at radius 1 is 1.10 bits per heavy atom. The molecule has 0 aliphatic heterocycles. The maximum atomic E-state index is 11.0. The van der Waals surface area contributed by atoms with Crippen LogP contribution in [0.3, 0.4) is 0 Å². The van der Waals surface area contributed by atoms with Gasteiger partial charge in [-0.1, -0.05) is 5.57 Å². The highest BCUT2D eigenvalue weighted by Crippen LogP contribution is 2.03. The topological polar surface area (TPSA) is 40.9 Å². The molecule has 0 radical (unpaired) electrons. The summed E-state index contributed by atoms with van der Waals surface area (Å²) in [6.07, 6.45) is 0. The van der Waals surface area contributed by atoms with Crippen molar-refractivity contribution in [1.29, 1.82) is 5.41 Å². The number of rotatable bonds is 2. The molecule has 0 spiro atoms. The second-order valence-corrected chi connectivity index (χ2v) is 2.58. The molecule has 0 atom stereocenters. The zero-order valence-electron chi connectivity index (χ0n) is 6.91. The van der Waals surface area contributed by atoms with E-state index in [1.807, 2.05) is 13.8 Å². The number of nitrogens with one attached hydrogen (secondary N) is 1. The van der Waals surface area contributed by atoms with Gasteiger partial charge in [0.15, 0.2) is 0 Å². The molecule has 0 bridgehead atoms. The Morgan fingerprint density at radius 3 is 1.60 bits per heavy atom. The van der Waals surface area contributed by atoms with Gasteiger partial charge in [-0.15, -0.1) is 0 Å². The van der Waals surface area contributed by atoms with Crippen molar-refractivity contribution in [2.24, 2.45) is 0 Å². The first-order chi connectivity index (χ1) is 4.46. The monoisotopic (exact) mass is 139 g/mol. The van der Waals surface area contributed by atoms with E-state index in [1.54, 1.807) is 6.92 Å². The molecule has 2 nitrogen and oxygen atoms in total. The Labute approximate surface area is 61.5 Å². The van der Waals surface area contributed by atoms with Gasteiger partial charge in [0, 0.05) is 0 Å². The van der Waals surface area contributed by atoms with Crippen molar-refractivity contribution in [2.45, 2.75) is 27.7 Å². The van der Waals surface area contributed by atoms with Crippen molar-refractivity contribution in [3.8, 4) is 0 Å². The number of hydrogen-bond donors (Lipinski definition) is 1. The first-order valence-corrected chi connectivity index (χ1v) is 3.20. The third-order valence-corrected chi connectivity index (χ3v) is 1.43. The summed E-state index contributed by atoms with van der Waals surface area (Å²) in [5, 5.41) is 7.04. The van der Waals surface area contributed by atoms with E-state index < -0.39 is 0 Å². The van der Waals surface area contributed by atoms with Gasteiger partial charge in [0.25, 0.3) is 0 Å². The lowest BCUT2D eigenvalue weighted by Crippen LogP contribution is -2.10. The van der Waals surface area contributed by atoms with E-state index in [2.05, 4.69) is 0 Å². The van der Waals surface area contributed by atoms with E-state index in [-0.39, 0.29) is 11.5 Å². The van der Waals surface area contributed by atoms with Crippen LogP contribution in [0.2, 0.25) is 0 Å². The predicted molar refractivity (Wildman–Crippen MR) is 42.5 cm³/mol. The molecular weight excluding hydrogens is 126 g/mol. The van der Waals surface area contributed by atoms with E-state index >= 15 is 0 Å². The quantitative estimate of drug-likeness (QED) is 0.461. The Hall–Kier alpha value is -0.920. The minimum absolute atomic E-state index is 0.110. The molecule has 0 aromatic heterocycles. The Morgan fingerprint density at radius 2 is 1.50 bits per heavy atom. The fourth-order valence-corrected chi connectivity index (χ4v) is 0.508.